The summed E-state index contributed by atoms with van der Waals surface area (Å²) in [5.41, 5.74) is 22.1. The smallest absolute Gasteiger partial charge is 0.399 e. The highest BCUT2D eigenvalue weighted by molar-refractivity contribution is 14.1. The maximum Gasteiger partial charge on any atom is 0.495 e. The third-order valence-electron chi connectivity index (χ3n) is 10.1. The molecule has 7 rings (SSSR count). The van der Waals surface area contributed by atoms with E-state index >= 15 is 0 Å². The van der Waals surface area contributed by atoms with Gasteiger partial charge in [0.05, 0.1) is 34.4 Å². The van der Waals surface area contributed by atoms with Gasteiger partial charge in [-0.3, -0.25) is 0 Å². The molecule has 0 spiro atoms. The lowest BCUT2D eigenvalue weighted by molar-refractivity contribution is 0.00578. The van der Waals surface area contributed by atoms with Crippen LogP contribution in [0.1, 0.15) is 61.1 Å². The molecule has 60 heavy (non-hydrogen) atoms. The van der Waals surface area contributed by atoms with E-state index in [0.29, 0.717) is 17.2 Å². The molecule has 0 radical (unpaired) electrons. The predicted molar refractivity (Wildman–Crippen MR) is 262 cm³/mol. The van der Waals surface area contributed by atoms with Crippen LogP contribution in [-0.4, -0.2) is 38.3 Å². The summed E-state index contributed by atoms with van der Waals surface area (Å²) in [6.07, 6.45) is 6.56. The van der Waals surface area contributed by atoms with E-state index in [1.54, 1.807) is 6.08 Å². The fourth-order valence-corrected chi connectivity index (χ4v) is 9.20. The van der Waals surface area contributed by atoms with E-state index in [2.05, 4.69) is 128 Å². The lowest BCUT2D eigenvalue weighted by atomic mass is 9.73. The van der Waals surface area contributed by atoms with Crippen molar-refractivity contribution in [2.45, 2.75) is 66.6 Å². The van der Waals surface area contributed by atoms with Crippen LogP contribution in [0.4, 0.5) is 11.6 Å². The second kappa shape index (κ2) is 19.3. The van der Waals surface area contributed by atoms with Crippen LogP contribution < -0.4 is 16.9 Å². The Balaban J connectivity index is 0.000000177. The van der Waals surface area contributed by atoms with Crippen molar-refractivity contribution in [3.05, 3.63) is 117 Å². The molecule has 0 saturated carbocycles. The first-order valence-electron chi connectivity index (χ1n) is 18.4. The molecule has 1 aliphatic rings. The van der Waals surface area contributed by atoms with E-state index in [4.69, 9.17) is 54.5 Å². The number of nitrogen functional groups attached to an aromatic ring is 2. The van der Waals surface area contributed by atoms with Gasteiger partial charge in [0.25, 0.3) is 0 Å². The number of hydrogen-bond acceptors (Lipinski definition) is 10. The summed E-state index contributed by atoms with van der Waals surface area (Å²) in [5.74, 6) is 0.751. The van der Waals surface area contributed by atoms with Gasteiger partial charge in [-0.2, -0.15) is 10.5 Å². The average Bonchev–Trinajstić information content (AvgIpc) is 3.36. The molecule has 16 heteroatoms. The van der Waals surface area contributed by atoms with Gasteiger partial charge >= 0.3 is 7.12 Å². The number of allylic oxidation sites excluding steroid dienone is 2. The van der Waals surface area contributed by atoms with E-state index in [-0.39, 0.29) is 28.9 Å². The summed E-state index contributed by atoms with van der Waals surface area (Å²) in [6.45, 7) is 16.4. The Kier molecular flexibility index (Phi) is 15.1. The van der Waals surface area contributed by atoms with Crippen molar-refractivity contribution in [3.8, 4) is 23.3 Å². The van der Waals surface area contributed by atoms with Crippen LogP contribution in [-0.2, 0) is 9.31 Å². The Morgan fingerprint density at radius 2 is 1.08 bits per heavy atom. The maximum absolute atomic E-state index is 8.72. The van der Waals surface area contributed by atoms with Crippen molar-refractivity contribution < 1.29 is 9.31 Å². The van der Waals surface area contributed by atoms with Crippen molar-refractivity contribution in [1.82, 2.24) is 19.9 Å². The Morgan fingerprint density at radius 1 is 0.667 bits per heavy atom. The third kappa shape index (κ3) is 10.7. The van der Waals surface area contributed by atoms with Crippen molar-refractivity contribution in [3.63, 3.8) is 0 Å². The van der Waals surface area contributed by atoms with Crippen LogP contribution in [0.25, 0.3) is 45.1 Å². The summed E-state index contributed by atoms with van der Waals surface area (Å²) in [7, 11) is -0.344. The maximum atomic E-state index is 8.72. The highest BCUT2D eigenvalue weighted by Crippen LogP contribution is 2.39. The molecule has 306 valence electrons. The van der Waals surface area contributed by atoms with Gasteiger partial charge in [0.1, 0.15) is 11.6 Å². The minimum Gasteiger partial charge on any atom is -0.399 e. The number of nitrogens with two attached hydrogens (primary N) is 2. The number of halogens is 5. The minimum absolute atomic E-state index is 0.123. The standard InChI is InChI=1S/C19H14BrClN4.C17H22BNO2.C8H4BrClIN3/c1-10-6-12(4-3-5-22)7-11(2)16(10)14-8-13(20)9-15-17(14)24-19(21)25-18(15)23;1-12-10-14(8-7-9-19)11-13(2)15(12)18-20-16(3,4)17(5,6)21-18;9-3-1-4-6(5(11)2-3)13-8(10)14-7(4)12/h3-4,6-9H,1-2H3,(H2,23,24,25);7-8,10-11H,1-6H3;1-2H,(H2,12,13,14)/b4-3+;8-7+;. The van der Waals surface area contributed by atoms with Crippen LogP contribution in [0.15, 0.2) is 69.6 Å². The van der Waals surface area contributed by atoms with Gasteiger partial charge in [0.2, 0.25) is 10.6 Å². The highest BCUT2D eigenvalue weighted by atomic mass is 127. The third-order valence-corrected chi connectivity index (χ3v) is 12.2. The van der Waals surface area contributed by atoms with E-state index < -0.39 is 0 Å². The van der Waals surface area contributed by atoms with E-state index in [1.807, 2.05) is 68.5 Å². The summed E-state index contributed by atoms with van der Waals surface area (Å²) in [5, 5.41) is 19.2. The van der Waals surface area contributed by atoms with Crippen molar-refractivity contribution in [2.75, 3.05) is 11.5 Å². The zero-order valence-corrected chi connectivity index (χ0v) is 40.9. The topological polar surface area (TPSA) is 170 Å². The van der Waals surface area contributed by atoms with Gasteiger partial charge in [-0.25, -0.2) is 19.9 Å². The molecule has 0 amide bonds. The first kappa shape index (κ1) is 46.9. The molecule has 4 N–H and O–H groups in total. The zero-order valence-electron chi connectivity index (χ0n) is 34.0. The van der Waals surface area contributed by atoms with E-state index in [9.17, 15) is 0 Å². The second-order valence-corrected chi connectivity index (χ2v) is 18.7. The molecule has 0 unspecified atom stereocenters. The fraction of sp³-hybridized carbons (Fsp3) is 0.227. The normalized spacial score (nSPS) is 14.2. The van der Waals surface area contributed by atoms with Crippen LogP contribution in [0, 0.1) is 53.9 Å². The van der Waals surface area contributed by atoms with Gasteiger partial charge in [-0.1, -0.05) is 67.3 Å². The molecule has 1 aliphatic heterocycles. The first-order chi connectivity index (χ1) is 28.2. The molecule has 1 saturated heterocycles. The number of hydrogen-bond donors (Lipinski definition) is 2. The summed E-state index contributed by atoms with van der Waals surface area (Å²) >= 11 is 20.9. The number of aryl methyl sites for hydroxylation is 4. The number of anilines is 2. The SMILES string of the molecule is Cc1cc(/C=C/C#N)cc(C)c1-c1cc(Br)cc2c(N)nc(Cl)nc12.Cc1cc(/C=C/C#N)cc(C)c1B1OC(C)(C)C(C)(C)O1.Nc1nc(Cl)nc2c(I)cc(Br)cc12. The van der Waals surface area contributed by atoms with Crippen molar-refractivity contribution >= 4 is 136 Å². The summed E-state index contributed by atoms with van der Waals surface area (Å²) in [4.78, 5) is 16.5. The van der Waals surface area contributed by atoms with Gasteiger partial charge in [-0.05, 0) is 171 Å². The number of nitrogens with zero attached hydrogens (tertiary/aromatic N) is 6. The molecule has 3 heterocycles. The van der Waals surface area contributed by atoms with Crippen LogP contribution in [0.5, 0.6) is 0 Å². The average molecular weight is 1080 g/mol. The molecule has 1 fully saturated rings. The monoisotopic (exact) mass is 1080 g/mol. The molecule has 2 aromatic heterocycles. The highest BCUT2D eigenvalue weighted by Gasteiger charge is 2.52. The van der Waals surface area contributed by atoms with Crippen LogP contribution >= 0.6 is 77.7 Å². The Labute approximate surface area is 390 Å². The molecule has 0 atom stereocenters. The van der Waals surface area contributed by atoms with Gasteiger partial charge in [0.15, 0.2) is 0 Å². The largest absolute Gasteiger partial charge is 0.495 e. The molecule has 4 aromatic carbocycles. The Bertz CT molecular complexity index is 2700. The summed E-state index contributed by atoms with van der Waals surface area (Å²) in [6, 6.07) is 19.9. The number of nitriles is 2. The van der Waals surface area contributed by atoms with Gasteiger partial charge in [-0.15, -0.1) is 0 Å². The minimum atomic E-state index is -0.344. The quantitative estimate of drug-likeness (QED) is 0.0750. The molecular formula is C44H40BBr2Cl2IN8O2. The molecule has 0 aliphatic carbocycles. The van der Waals surface area contributed by atoms with Crippen LogP contribution in [0.2, 0.25) is 10.6 Å². The van der Waals surface area contributed by atoms with Crippen LogP contribution in [0.3, 0.4) is 0 Å². The fourth-order valence-electron chi connectivity index (χ4n) is 6.76. The molecule has 10 nitrogen and oxygen atoms in total. The van der Waals surface area contributed by atoms with Gasteiger partial charge < -0.3 is 20.8 Å². The molecule has 6 aromatic rings. The van der Waals surface area contributed by atoms with Crippen molar-refractivity contribution in [1.29, 1.82) is 10.5 Å². The van der Waals surface area contributed by atoms with Crippen molar-refractivity contribution in [2.24, 2.45) is 0 Å². The second-order valence-electron chi connectivity index (χ2n) is 15.0. The number of benzene rings is 4. The van der Waals surface area contributed by atoms with E-state index in [0.717, 1.165) is 78.8 Å². The number of rotatable bonds is 4. The lowest BCUT2D eigenvalue weighted by Gasteiger charge is -2.32. The summed E-state index contributed by atoms with van der Waals surface area (Å²) < 4.78 is 15.1. The zero-order chi connectivity index (χ0) is 44.3. The predicted octanol–water partition coefficient (Wildman–Crippen LogP) is 11.8. The molecule has 0 bridgehead atoms. The van der Waals surface area contributed by atoms with Gasteiger partial charge in [0, 0.05) is 41.0 Å². The first-order valence-corrected chi connectivity index (χ1v) is 21.8. The number of aromatic nitrogens is 4. The Hall–Kier alpha value is -4.13. The van der Waals surface area contributed by atoms with E-state index in [1.165, 1.54) is 12.2 Å². The molecular weight excluding hydrogens is 1040 g/mol. The lowest BCUT2D eigenvalue weighted by Crippen LogP contribution is -2.41. The number of fused-ring (bicyclic) bond motifs is 2. The Morgan fingerprint density at radius 3 is 1.55 bits per heavy atom.